The van der Waals surface area contributed by atoms with Gasteiger partial charge in [0, 0.05) is 67.1 Å². The van der Waals surface area contributed by atoms with Crippen LogP contribution in [0.1, 0.15) is 108 Å². The van der Waals surface area contributed by atoms with E-state index in [1.54, 1.807) is 36.5 Å². The fourth-order valence-corrected chi connectivity index (χ4v) is 9.79. The molecule has 4 atom stereocenters. The monoisotopic (exact) mass is 879 g/mol. The Morgan fingerprint density at radius 1 is 1.00 bits per heavy atom. The first-order valence-corrected chi connectivity index (χ1v) is 22.3. The third-order valence-corrected chi connectivity index (χ3v) is 13.3. The van der Waals surface area contributed by atoms with Crippen molar-refractivity contribution >= 4 is 51.8 Å². The molecule has 5 heterocycles. The molecule has 16 nitrogen and oxygen atoms in total. The van der Waals surface area contributed by atoms with Crippen LogP contribution in [-0.2, 0) is 19.1 Å². The number of nitrogens with one attached hydrogen (secondary N) is 3. The number of rotatable bonds is 14. The zero-order chi connectivity index (χ0) is 45.1. The molecule has 3 saturated heterocycles. The summed E-state index contributed by atoms with van der Waals surface area (Å²) < 4.78 is 26.7. The molecule has 8 rings (SSSR count). The number of ether oxygens (including phenoxy) is 2. The van der Waals surface area contributed by atoms with Crippen LogP contribution in [0.25, 0.3) is 10.8 Å². The number of hydrogen-bond acceptors (Lipinski definition) is 13. The van der Waals surface area contributed by atoms with Gasteiger partial charge in [0.15, 0.2) is 17.7 Å². The lowest BCUT2D eigenvalue weighted by Crippen LogP contribution is -2.54. The topological polar surface area (TPSA) is 212 Å². The Morgan fingerprint density at radius 3 is 2.50 bits per heavy atom. The van der Waals surface area contributed by atoms with Gasteiger partial charge < -0.3 is 29.8 Å². The van der Waals surface area contributed by atoms with Crippen LogP contribution in [0.3, 0.4) is 0 Å². The number of likely N-dealkylation sites (tertiary alicyclic amines) is 1. The van der Waals surface area contributed by atoms with Crippen molar-refractivity contribution in [1.82, 2.24) is 25.4 Å². The highest BCUT2D eigenvalue weighted by atomic mass is 19.1. The number of carbonyl (C=O) groups excluding carboxylic acids is 6. The maximum absolute atomic E-state index is 14.4. The zero-order valence-corrected chi connectivity index (χ0v) is 36.1. The van der Waals surface area contributed by atoms with Gasteiger partial charge in [-0.15, -0.1) is 0 Å². The highest BCUT2D eigenvalue weighted by Gasteiger charge is 2.46. The van der Waals surface area contributed by atoms with Crippen LogP contribution in [0.4, 0.5) is 10.1 Å². The Morgan fingerprint density at radius 2 is 1.78 bits per heavy atom. The molecule has 338 valence electrons. The van der Waals surface area contributed by atoms with E-state index in [1.807, 2.05) is 6.92 Å². The fourth-order valence-electron chi connectivity index (χ4n) is 9.79. The number of ketones is 1. The lowest BCUT2D eigenvalue weighted by Gasteiger charge is -2.36. The largest absolute Gasteiger partial charge is 0.475 e. The summed E-state index contributed by atoms with van der Waals surface area (Å²) in [6, 6.07) is 6.77. The van der Waals surface area contributed by atoms with Gasteiger partial charge >= 0.3 is 0 Å². The number of fused-ring (bicyclic) bond motifs is 2. The average molecular weight is 880 g/mol. The molecule has 1 saturated carbocycles. The average Bonchev–Trinajstić information content (AvgIpc) is 3.72. The molecule has 1 aromatic heterocycles. The van der Waals surface area contributed by atoms with Gasteiger partial charge in [0.05, 0.1) is 41.0 Å². The second-order valence-corrected chi connectivity index (χ2v) is 17.4. The fraction of sp³-hybridized carbons (Fsp3) is 0.511. The number of anilines is 1. The summed E-state index contributed by atoms with van der Waals surface area (Å²) in [5.41, 5.74) is 1.90. The van der Waals surface area contributed by atoms with Gasteiger partial charge in [0.2, 0.25) is 17.7 Å². The van der Waals surface area contributed by atoms with Crippen molar-refractivity contribution in [3.05, 3.63) is 58.8 Å². The van der Waals surface area contributed by atoms with E-state index >= 15 is 0 Å². The molecule has 0 radical (unpaired) electrons. The summed E-state index contributed by atoms with van der Waals surface area (Å²) in [4.78, 5) is 88.3. The van der Waals surface area contributed by atoms with Gasteiger partial charge in [0.25, 0.3) is 17.7 Å². The highest BCUT2D eigenvalue weighted by Crippen LogP contribution is 2.36. The Balaban J connectivity index is 0.798. The van der Waals surface area contributed by atoms with Crippen LogP contribution >= 0.6 is 0 Å². The van der Waals surface area contributed by atoms with E-state index in [9.17, 15) is 33.2 Å². The molecule has 2 aromatic carbocycles. The molecular weight excluding hydrogens is 826 g/mol. The molecule has 1 aliphatic carbocycles. The van der Waals surface area contributed by atoms with E-state index in [1.165, 1.54) is 6.92 Å². The van der Waals surface area contributed by atoms with Gasteiger partial charge in [0.1, 0.15) is 12.6 Å². The first-order chi connectivity index (χ1) is 30.9. The minimum Gasteiger partial charge on any atom is -0.475 e. The van der Waals surface area contributed by atoms with Crippen molar-refractivity contribution in [3.63, 3.8) is 0 Å². The first-order valence-electron chi connectivity index (χ1n) is 22.3. The standard InChI is InChI=1S/C47H54FN7O9/c1-3-31-37(52-44(59)42(31)48)25-63-45-35-22-39(64-49)33(26(2)56)21-34(35)29(23-51-45)12-11-27-7-9-28(10-8-27)24-54-18-15-30(16-19-54)62-20-17-50-36-6-4-5-32-41(36)47(61)55(46(32)60)38-13-14-40(57)53-43(38)58/h4-6,21-23,27-28,30-31,37-38,42,50H,3,7-10,13-20,24-25,49H2,1-2H3,(H,52,59)(H,53,57,58)/t27?,28?,31-,37+,38?,42-/m0/s1. The number of nitrogens with two attached hydrogens (primary N) is 1. The quantitative estimate of drug-likeness (QED) is 0.0592. The van der Waals surface area contributed by atoms with Gasteiger partial charge in [-0.1, -0.05) is 24.8 Å². The van der Waals surface area contributed by atoms with Crippen LogP contribution < -0.4 is 31.4 Å². The maximum Gasteiger partial charge on any atom is 0.264 e. The van der Waals surface area contributed by atoms with Crippen molar-refractivity contribution in [2.24, 2.45) is 23.7 Å². The van der Waals surface area contributed by atoms with E-state index < -0.39 is 53.7 Å². The minimum absolute atomic E-state index is 0.0169. The Bertz CT molecular complexity index is 2400. The molecule has 0 spiro atoms. The van der Waals surface area contributed by atoms with Crippen molar-refractivity contribution in [2.45, 2.75) is 96.0 Å². The highest BCUT2D eigenvalue weighted by molar-refractivity contribution is 6.25. The van der Waals surface area contributed by atoms with Gasteiger partial charge in [-0.3, -0.25) is 39.0 Å². The van der Waals surface area contributed by atoms with Crippen molar-refractivity contribution in [1.29, 1.82) is 0 Å². The number of hydrogen-bond donors (Lipinski definition) is 4. The van der Waals surface area contributed by atoms with Crippen LogP contribution in [0.15, 0.2) is 36.5 Å². The van der Waals surface area contributed by atoms with E-state index in [0.29, 0.717) is 53.1 Å². The maximum atomic E-state index is 14.4. The summed E-state index contributed by atoms with van der Waals surface area (Å²) in [6.45, 7) is 7.05. The summed E-state index contributed by atoms with van der Waals surface area (Å²) in [6.07, 6.45) is 6.70. The molecule has 64 heavy (non-hydrogen) atoms. The number of amides is 5. The van der Waals surface area contributed by atoms with Gasteiger partial charge in [-0.2, -0.15) is 5.90 Å². The van der Waals surface area contributed by atoms with E-state index in [4.69, 9.17) is 20.2 Å². The molecule has 5 amide bonds. The lowest BCUT2D eigenvalue weighted by molar-refractivity contribution is -0.136. The summed E-state index contributed by atoms with van der Waals surface area (Å²) in [5, 5.41) is 9.34. The summed E-state index contributed by atoms with van der Waals surface area (Å²) >= 11 is 0. The number of benzene rings is 2. The molecule has 0 bridgehead atoms. The lowest BCUT2D eigenvalue weighted by atomic mass is 9.81. The number of halogens is 1. The number of carbonyl (C=O) groups is 6. The molecule has 1 unspecified atom stereocenters. The van der Waals surface area contributed by atoms with Crippen molar-refractivity contribution in [3.8, 4) is 23.5 Å². The second-order valence-electron chi connectivity index (χ2n) is 17.4. The number of pyridine rings is 1. The van der Waals surface area contributed by atoms with Crippen LogP contribution in [0.2, 0.25) is 0 Å². The molecule has 4 fully saturated rings. The number of imide groups is 2. The third-order valence-electron chi connectivity index (χ3n) is 13.3. The normalized spacial score (nSPS) is 25.1. The number of nitrogens with zero attached hydrogens (tertiary/aromatic N) is 3. The smallest absolute Gasteiger partial charge is 0.264 e. The number of Topliss-reactive ketones (excluding diaryl/α,β-unsaturated/α-hetero) is 1. The number of aromatic nitrogens is 1. The molecule has 4 aliphatic heterocycles. The van der Waals surface area contributed by atoms with E-state index in [0.717, 1.165) is 63.1 Å². The van der Waals surface area contributed by atoms with Gasteiger partial charge in [-0.25, -0.2) is 9.37 Å². The van der Waals surface area contributed by atoms with E-state index in [2.05, 4.69) is 37.7 Å². The molecule has 3 aromatic rings. The summed E-state index contributed by atoms with van der Waals surface area (Å²) in [7, 11) is 0. The first kappa shape index (κ1) is 44.6. The number of alkyl halides is 1. The molecule has 17 heteroatoms. The summed E-state index contributed by atoms with van der Waals surface area (Å²) in [5.74, 6) is 10.0. The van der Waals surface area contributed by atoms with Crippen LogP contribution in [0.5, 0.6) is 11.6 Å². The molecular formula is C47H54FN7O9. The zero-order valence-electron chi connectivity index (χ0n) is 36.1. The predicted octanol–water partition coefficient (Wildman–Crippen LogP) is 4.08. The van der Waals surface area contributed by atoms with Gasteiger partial charge in [-0.05, 0) is 88.5 Å². The molecule has 5 aliphatic rings. The van der Waals surface area contributed by atoms with E-state index in [-0.39, 0.29) is 60.0 Å². The Labute approximate surface area is 370 Å². The van der Waals surface area contributed by atoms with Crippen molar-refractivity contribution in [2.75, 3.05) is 44.7 Å². The predicted molar refractivity (Wildman–Crippen MR) is 232 cm³/mol. The third kappa shape index (κ3) is 9.31. The van der Waals surface area contributed by atoms with Crippen molar-refractivity contribution < 1.29 is 47.5 Å². The second kappa shape index (κ2) is 19.4. The minimum atomic E-state index is -1.59. The van der Waals surface area contributed by atoms with Crippen LogP contribution in [-0.4, -0.2) is 114 Å². The SMILES string of the molecule is CC[C@@H]1[C@H](F)C(=O)N[C@@H]1COc1ncc(C#CC2CCC(CN3CCC(OCCNc4cccc5c4C(=O)N(C4CCC(=O)NC4=O)C5=O)CC3)CC2)c2cc(C(C)=O)c(ON)cc12. The Hall–Kier alpha value is -5.96. The molecule has 5 N–H and O–H groups in total. The Kier molecular flexibility index (Phi) is 13.5. The van der Waals surface area contributed by atoms with Crippen LogP contribution in [0, 0.1) is 29.6 Å². The number of piperidine rings is 2.